The van der Waals surface area contributed by atoms with Crippen LogP contribution >= 0.6 is 0 Å². The molecule has 0 aliphatic rings. The Labute approximate surface area is 154 Å². The van der Waals surface area contributed by atoms with Gasteiger partial charge in [-0.3, -0.25) is 19.0 Å². The average Bonchev–Trinajstić information content (AvgIpc) is 2.68. The van der Waals surface area contributed by atoms with Gasteiger partial charge in [-0.15, -0.1) is 0 Å². The number of fused-ring (bicyclic) bond motifs is 1. The van der Waals surface area contributed by atoms with E-state index in [0.29, 0.717) is 16.6 Å². The highest BCUT2D eigenvalue weighted by atomic mass is 16.3. The van der Waals surface area contributed by atoms with E-state index in [9.17, 15) is 19.5 Å². The number of hydrogen-bond donors (Lipinski definition) is 3. The molecule has 138 valence electrons. The monoisotopic (exact) mass is 366 g/mol. The Morgan fingerprint density at radius 3 is 2.48 bits per heavy atom. The summed E-state index contributed by atoms with van der Waals surface area (Å²) in [4.78, 5) is 40.1. The predicted molar refractivity (Wildman–Crippen MR) is 99.5 cm³/mol. The van der Waals surface area contributed by atoms with Gasteiger partial charge >= 0.3 is 0 Å². The number of amides is 2. The Morgan fingerprint density at radius 1 is 1.00 bits per heavy atom. The number of para-hydroxylation sites is 2. The van der Waals surface area contributed by atoms with E-state index >= 15 is 0 Å². The third-order valence-corrected chi connectivity index (χ3v) is 3.92. The lowest BCUT2D eigenvalue weighted by molar-refractivity contribution is -0.121. The quantitative estimate of drug-likeness (QED) is 0.554. The van der Waals surface area contributed by atoms with Gasteiger partial charge in [0, 0.05) is 18.7 Å². The molecule has 8 nitrogen and oxygen atoms in total. The molecule has 3 rings (SSSR count). The van der Waals surface area contributed by atoms with Crippen LogP contribution in [-0.4, -0.2) is 39.6 Å². The van der Waals surface area contributed by atoms with Gasteiger partial charge in [-0.2, -0.15) is 0 Å². The van der Waals surface area contributed by atoms with Gasteiger partial charge in [-0.25, -0.2) is 4.98 Å². The molecule has 0 atom stereocenters. The number of carbonyl (C=O) groups is 2. The molecule has 3 aromatic rings. The van der Waals surface area contributed by atoms with Crippen LogP contribution in [-0.2, 0) is 11.3 Å². The van der Waals surface area contributed by atoms with Crippen LogP contribution in [0.4, 0.5) is 0 Å². The zero-order valence-electron chi connectivity index (χ0n) is 14.4. The molecule has 0 bridgehead atoms. The van der Waals surface area contributed by atoms with Crippen LogP contribution in [0, 0.1) is 0 Å². The maximum Gasteiger partial charge on any atom is 0.269 e. The maximum absolute atomic E-state index is 12.1. The van der Waals surface area contributed by atoms with Gasteiger partial charge < -0.3 is 15.7 Å². The predicted octanol–water partition coefficient (Wildman–Crippen LogP) is 0.648. The molecule has 0 unspecified atom stereocenters. The van der Waals surface area contributed by atoms with Gasteiger partial charge in [0.2, 0.25) is 5.91 Å². The highest BCUT2D eigenvalue weighted by Crippen LogP contribution is 2.09. The van der Waals surface area contributed by atoms with Crippen molar-refractivity contribution < 1.29 is 14.7 Å². The van der Waals surface area contributed by atoms with Crippen molar-refractivity contribution >= 4 is 22.8 Å². The second-order valence-corrected chi connectivity index (χ2v) is 5.82. The van der Waals surface area contributed by atoms with Crippen molar-refractivity contribution in [1.82, 2.24) is 20.2 Å². The lowest BCUT2D eigenvalue weighted by Gasteiger charge is -2.10. The Balaban J connectivity index is 1.52. The van der Waals surface area contributed by atoms with E-state index in [1.54, 1.807) is 24.3 Å². The molecular weight excluding hydrogens is 348 g/mol. The number of phenolic OH excluding ortho intramolecular Hbond substituents is 1. The third kappa shape index (κ3) is 4.49. The summed E-state index contributed by atoms with van der Waals surface area (Å²) in [5.74, 6) is -0.564. The minimum Gasteiger partial charge on any atom is -0.508 e. The minimum atomic E-state index is -0.357. The SMILES string of the molecule is O=C(Cn1c(=O)cnc2ccccc21)NCCNC(=O)c1ccc(O)cc1. The summed E-state index contributed by atoms with van der Waals surface area (Å²) in [6, 6.07) is 12.9. The fourth-order valence-corrected chi connectivity index (χ4v) is 2.57. The molecular formula is C19H18N4O4. The molecule has 0 saturated heterocycles. The number of nitrogens with one attached hydrogen (secondary N) is 2. The van der Waals surface area contributed by atoms with Crippen LogP contribution in [0.5, 0.6) is 5.75 Å². The molecule has 0 saturated carbocycles. The van der Waals surface area contributed by atoms with Gasteiger partial charge in [0.15, 0.2) is 0 Å². The van der Waals surface area contributed by atoms with Crippen LogP contribution in [0.3, 0.4) is 0 Å². The first-order valence-corrected chi connectivity index (χ1v) is 8.33. The molecule has 0 fully saturated rings. The Hall–Kier alpha value is -3.68. The summed E-state index contributed by atoms with van der Waals surface area (Å²) in [5.41, 5.74) is 1.27. The number of hydrogen-bond acceptors (Lipinski definition) is 5. The van der Waals surface area contributed by atoms with Gasteiger partial charge in [0.05, 0.1) is 17.2 Å². The van der Waals surface area contributed by atoms with E-state index in [1.165, 1.54) is 35.0 Å². The molecule has 2 amide bonds. The summed E-state index contributed by atoms with van der Waals surface area (Å²) in [6.07, 6.45) is 1.19. The van der Waals surface area contributed by atoms with Gasteiger partial charge in [-0.1, -0.05) is 12.1 Å². The van der Waals surface area contributed by atoms with Crippen LogP contribution in [0.1, 0.15) is 10.4 Å². The van der Waals surface area contributed by atoms with Crippen molar-refractivity contribution in [1.29, 1.82) is 0 Å². The molecule has 1 aromatic heterocycles. The highest BCUT2D eigenvalue weighted by Gasteiger charge is 2.09. The van der Waals surface area contributed by atoms with Crippen molar-refractivity contribution in [2.45, 2.75) is 6.54 Å². The standard InChI is InChI=1S/C19H18N4O4/c24-14-7-5-13(6-8-14)19(27)21-10-9-20-17(25)12-23-16-4-2-1-3-15(16)22-11-18(23)26/h1-8,11,24H,9-10,12H2,(H,20,25)(H,21,27). The van der Waals surface area contributed by atoms with Gasteiger partial charge in [0.25, 0.3) is 11.5 Å². The second kappa shape index (κ2) is 8.13. The van der Waals surface area contributed by atoms with Crippen LogP contribution < -0.4 is 16.2 Å². The van der Waals surface area contributed by atoms with E-state index in [1.807, 2.05) is 0 Å². The molecule has 0 aliphatic carbocycles. The Kier molecular flexibility index (Phi) is 5.46. The van der Waals surface area contributed by atoms with Crippen molar-refractivity contribution in [3.05, 3.63) is 70.6 Å². The first-order valence-electron chi connectivity index (χ1n) is 8.33. The third-order valence-electron chi connectivity index (χ3n) is 3.92. The number of rotatable bonds is 6. The highest BCUT2D eigenvalue weighted by molar-refractivity contribution is 5.94. The van der Waals surface area contributed by atoms with Gasteiger partial charge in [0.1, 0.15) is 12.3 Å². The molecule has 0 radical (unpaired) electrons. The largest absolute Gasteiger partial charge is 0.508 e. The lowest BCUT2D eigenvalue weighted by Crippen LogP contribution is -2.37. The van der Waals surface area contributed by atoms with Crippen LogP contribution in [0.25, 0.3) is 11.0 Å². The zero-order valence-corrected chi connectivity index (χ0v) is 14.4. The van der Waals surface area contributed by atoms with Crippen molar-refractivity contribution in [2.24, 2.45) is 0 Å². The summed E-state index contributed by atoms with van der Waals surface area (Å²) in [6.45, 7) is 0.325. The smallest absolute Gasteiger partial charge is 0.269 e. The molecule has 8 heteroatoms. The van der Waals surface area contributed by atoms with Crippen molar-refractivity contribution in [3.8, 4) is 5.75 Å². The zero-order chi connectivity index (χ0) is 19.2. The first-order chi connectivity index (χ1) is 13.0. The fourth-order valence-electron chi connectivity index (χ4n) is 2.57. The van der Waals surface area contributed by atoms with E-state index in [4.69, 9.17) is 0 Å². The average molecular weight is 366 g/mol. The van der Waals surface area contributed by atoms with Crippen molar-refractivity contribution in [3.63, 3.8) is 0 Å². The summed E-state index contributed by atoms with van der Waals surface area (Å²) < 4.78 is 1.35. The van der Waals surface area contributed by atoms with Gasteiger partial charge in [-0.05, 0) is 36.4 Å². The van der Waals surface area contributed by atoms with Crippen LogP contribution in [0.2, 0.25) is 0 Å². The molecule has 1 heterocycles. The second-order valence-electron chi connectivity index (χ2n) is 5.82. The number of phenols is 1. The van der Waals surface area contributed by atoms with E-state index in [-0.39, 0.29) is 42.8 Å². The number of nitrogens with zero attached hydrogens (tertiary/aromatic N) is 2. The topological polar surface area (TPSA) is 113 Å². The minimum absolute atomic E-state index is 0.0812. The van der Waals surface area contributed by atoms with E-state index < -0.39 is 0 Å². The Bertz CT molecular complexity index is 1030. The number of carbonyl (C=O) groups excluding carboxylic acids is 2. The molecule has 0 aliphatic heterocycles. The Morgan fingerprint density at radius 2 is 1.70 bits per heavy atom. The van der Waals surface area contributed by atoms with Crippen molar-refractivity contribution in [2.75, 3.05) is 13.1 Å². The van der Waals surface area contributed by atoms with E-state index in [0.717, 1.165) is 0 Å². The first kappa shape index (κ1) is 18.1. The number of benzene rings is 2. The summed E-state index contributed by atoms with van der Waals surface area (Å²) >= 11 is 0. The fraction of sp³-hybridized carbons (Fsp3) is 0.158. The molecule has 0 spiro atoms. The summed E-state index contributed by atoms with van der Waals surface area (Å²) in [5, 5.41) is 14.5. The molecule has 27 heavy (non-hydrogen) atoms. The lowest BCUT2D eigenvalue weighted by atomic mass is 10.2. The van der Waals surface area contributed by atoms with Crippen LogP contribution in [0.15, 0.2) is 59.5 Å². The molecule has 3 N–H and O–H groups in total. The maximum atomic E-state index is 12.1. The number of aromatic nitrogens is 2. The summed E-state index contributed by atoms with van der Waals surface area (Å²) in [7, 11) is 0. The number of aromatic hydroxyl groups is 1. The molecule has 2 aromatic carbocycles. The normalized spacial score (nSPS) is 10.5. The van der Waals surface area contributed by atoms with E-state index in [2.05, 4.69) is 15.6 Å².